The molecule has 3 heterocycles. The minimum absolute atomic E-state index is 0.357. The summed E-state index contributed by atoms with van der Waals surface area (Å²) in [6.07, 6.45) is 4.39. The highest BCUT2D eigenvalue weighted by Crippen LogP contribution is 2.32. The summed E-state index contributed by atoms with van der Waals surface area (Å²) in [5, 5.41) is 8.22. The number of anilines is 1. The molecule has 1 N–H and O–H groups in total. The molecular weight excluding hydrogens is 347 g/mol. The minimum Gasteiger partial charge on any atom is -0.477 e. The van der Waals surface area contributed by atoms with Crippen molar-refractivity contribution in [3.8, 4) is 17.0 Å². The van der Waals surface area contributed by atoms with Crippen LogP contribution in [-0.2, 0) is 7.05 Å². The van der Waals surface area contributed by atoms with Crippen molar-refractivity contribution >= 4 is 16.9 Å². The lowest BCUT2D eigenvalue weighted by molar-refractivity contribution is 0.306. The van der Waals surface area contributed by atoms with Crippen LogP contribution in [0.1, 0.15) is 13.3 Å². The molecule has 1 aliphatic heterocycles. The molecule has 0 amide bonds. The van der Waals surface area contributed by atoms with E-state index in [2.05, 4.69) is 25.3 Å². The van der Waals surface area contributed by atoms with E-state index < -0.39 is 0 Å². The number of nitrogens with zero attached hydrogens (tertiary/aromatic N) is 5. The van der Waals surface area contributed by atoms with E-state index in [-0.39, 0.29) is 5.82 Å². The molecular formula is C19H23FN6O. The molecule has 0 aliphatic carbocycles. The van der Waals surface area contributed by atoms with Crippen molar-refractivity contribution < 1.29 is 9.13 Å². The fraction of sp³-hybridized carbons (Fsp3) is 0.421. The summed E-state index contributed by atoms with van der Waals surface area (Å²) in [7, 11) is 1.78. The van der Waals surface area contributed by atoms with E-state index in [0.29, 0.717) is 35.1 Å². The maximum Gasteiger partial charge on any atom is 0.228 e. The first-order chi connectivity index (χ1) is 13.2. The Morgan fingerprint density at radius 2 is 2.07 bits per heavy atom. The summed E-state index contributed by atoms with van der Waals surface area (Å²) in [5.41, 5.74) is 1.73. The highest BCUT2D eigenvalue weighted by atomic mass is 19.1. The number of piperazine rings is 1. The van der Waals surface area contributed by atoms with Gasteiger partial charge in [0.15, 0.2) is 5.82 Å². The number of hydrogen-bond acceptors (Lipinski definition) is 6. The third kappa shape index (κ3) is 3.57. The molecule has 1 saturated heterocycles. The van der Waals surface area contributed by atoms with Gasteiger partial charge in [0.1, 0.15) is 5.52 Å². The first-order valence-corrected chi connectivity index (χ1v) is 9.24. The fourth-order valence-corrected chi connectivity index (χ4v) is 3.25. The monoisotopic (exact) mass is 370 g/mol. The molecule has 8 heteroatoms. The molecule has 7 nitrogen and oxygen atoms in total. The van der Waals surface area contributed by atoms with Crippen LogP contribution < -0.4 is 15.0 Å². The van der Waals surface area contributed by atoms with Crippen molar-refractivity contribution in [1.82, 2.24) is 25.1 Å². The number of aromatic nitrogens is 4. The van der Waals surface area contributed by atoms with E-state index in [0.717, 1.165) is 38.0 Å². The van der Waals surface area contributed by atoms with Crippen LogP contribution in [0.15, 0.2) is 24.5 Å². The number of aryl methyl sites for hydroxylation is 1. The van der Waals surface area contributed by atoms with Crippen LogP contribution in [0.2, 0.25) is 0 Å². The van der Waals surface area contributed by atoms with Crippen LogP contribution in [0.3, 0.4) is 0 Å². The Morgan fingerprint density at radius 3 is 2.85 bits per heavy atom. The molecule has 0 spiro atoms. The number of benzene rings is 1. The zero-order valence-electron chi connectivity index (χ0n) is 15.6. The maximum atomic E-state index is 14.5. The first-order valence-electron chi connectivity index (χ1n) is 9.24. The van der Waals surface area contributed by atoms with Crippen molar-refractivity contribution in [3.63, 3.8) is 0 Å². The van der Waals surface area contributed by atoms with Crippen molar-refractivity contribution in [2.75, 3.05) is 37.7 Å². The Hall–Kier alpha value is -2.74. The Bertz CT molecular complexity index is 951. The number of ether oxygens (including phenoxy) is 1. The lowest BCUT2D eigenvalue weighted by Gasteiger charge is -2.27. The van der Waals surface area contributed by atoms with Gasteiger partial charge in [-0.3, -0.25) is 4.68 Å². The molecule has 0 unspecified atom stereocenters. The van der Waals surface area contributed by atoms with Gasteiger partial charge in [0, 0.05) is 51.0 Å². The Balaban J connectivity index is 1.76. The molecule has 0 bridgehead atoms. The summed E-state index contributed by atoms with van der Waals surface area (Å²) in [5.74, 6) is 0.771. The number of hydrogen-bond donors (Lipinski definition) is 1. The van der Waals surface area contributed by atoms with Gasteiger partial charge >= 0.3 is 0 Å². The molecule has 1 aromatic carbocycles. The summed E-state index contributed by atoms with van der Waals surface area (Å²) < 4.78 is 22.0. The van der Waals surface area contributed by atoms with Crippen molar-refractivity contribution in [1.29, 1.82) is 0 Å². The lowest BCUT2D eigenvalue weighted by atomic mass is 10.1. The Labute approximate surface area is 157 Å². The highest BCUT2D eigenvalue weighted by Gasteiger charge is 2.18. The zero-order valence-corrected chi connectivity index (χ0v) is 15.6. The van der Waals surface area contributed by atoms with E-state index in [1.54, 1.807) is 24.1 Å². The van der Waals surface area contributed by atoms with E-state index in [4.69, 9.17) is 4.74 Å². The number of nitrogens with one attached hydrogen (secondary N) is 1. The van der Waals surface area contributed by atoms with Gasteiger partial charge in [0.25, 0.3) is 0 Å². The van der Waals surface area contributed by atoms with E-state index >= 15 is 0 Å². The van der Waals surface area contributed by atoms with Crippen LogP contribution in [0, 0.1) is 5.82 Å². The van der Waals surface area contributed by atoms with Crippen LogP contribution in [0.4, 0.5) is 10.3 Å². The quantitative estimate of drug-likeness (QED) is 0.744. The third-order valence-electron chi connectivity index (χ3n) is 4.57. The van der Waals surface area contributed by atoms with Gasteiger partial charge in [-0.05, 0) is 24.1 Å². The van der Waals surface area contributed by atoms with Crippen LogP contribution in [-0.4, -0.2) is 52.5 Å². The Kier molecular flexibility index (Phi) is 4.89. The largest absolute Gasteiger partial charge is 0.477 e. The van der Waals surface area contributed by atoms with Crippen molar-refractivity contribution in [3.05, 3.63) is 30.3 Å². The number of halogens is 1. The van der Waals surface area contributed by atoms with Crippen LogP contribution in [0.5, 0.6) is 5.88 Å². The van der Waals surface area contributed by atoms with Crippen molar-refractivity contribution in [2.24, 2.45) is 7.05 Å². The van der Waals surface area contributed by atoms with Gasteiger partial charge in [0.05, 0.1) is 12.2 Å². The van der Waals surface area contributed by atoms with E-state index in [1.807, 2.05) is 13.0 Å². The molecule has 1 fully saturated rings. The standard InChI is InChI=1S/C19H23FN6O/c1-3-8-27-18-15(11-22-19(23-18)26-6-4-21-5-7-26)13-9-14-12-25(2)24-17(14)16(20)10-13/h9-12,21H,3-8H2,1-2H3. The summed E-state index contributed by atoms with van der Waals surface area (Å²) in [6.45, 7) is 6.09. The molecule has 1 aliphatic rings. The van der Waals surface area contributed by atoms with Crippen LogP contribution in [0.25, 0.3) is 22.0 Å². The number of rotatable bonds is 5. The topological polar surface area (TPSA) is 68.1 Å². The SMILES string of the molecule is CCCOc1nc(N2CCNCC2)ncc1-c1cc(F)c2nn(C)cc2c1. The molecule has 27 heavy (non-hydrogen) atoms. The highest BCUT2D eigenvalue weighted by molar-refractivity contribution is 5.85. The number of fused-ring (bicyclic) bond motifs is 1. The van der Waals surface area contributed by atoms with Gasteiger partial charge in [0.2, 0.25) is 11.8 Å². The predicted molar refractivity (Wildman–Crippen MR) is 103 cm³/mol. The van der Waals surface area contributed by atoms with Gasteiger partial charge in [-0.1, -0.05) is 6.92 Å². The summed E-state index contributed by atoms with van der Waals surface area (Å²) in [4.78, 5) is 11.3. The second-order valence-corrected chi connectivity index (χ2v) is 6.67. The minimum atomic E-state index is -0.365. The summed E-state index contributed by atoms with van der Waals surface area (Å²) >= 11 is 0. The molecule has 0 saturated carbocycles. The summed E-state index contributed by atoms with van der Waals surface area (Å²) in [6, 6.07) is 3.37. The predicted octanol–water partition coefficient (Wildman–Crippen LogP) is 2.37. The van der Waals surface area contributed by atoms with Gasteiger partial charge < -0.3 is 15.0 Å². The average Bonchev–Trinajstić information content (AvgIpc) is 3.07. The van der Waals surface area contributed by atoms with Gasteiger partial charge in [-0.15, -0.1) is 0 Å². The van der Waals surface area contributed by atoms with Gasteiger partial charge in [-0.2, -0.15) is 10.1 Å². The molecule has 142 valence electrons. The van der Waals surface area contributed by atoms with E-state index in [9.17, 15) is 4.39 Å². The Morgan fingerprint density at radius 1 is 1.26 bits per heavy atom. The maximum absolute atomic E-state index is 14.5. The molecule has 0 radical (unpaired) electrons. The molecule has 2 aromatic heterocycles. The van der Waals surface area contributed by atoms with Crippen molar-refractivity contribution in [2.45, 2.75) is 13.3 Å². The fourth-order valence-electron chi connectivity index (χ4n) is 3.25. The lowest BCUT2D eigenvalue weighted by Crippen LogP contribution is -2.44. The first kappa shape index (κ1) is 17.7. The molecule has 3 aromatic rings. The van der Waals surface area contributed by atoms with E-state index in [1.165, 1.54) is 6.07 Å². The van der Waals surface area contributed by atoms with Crippen LogP contribution >= 0.6 is 0 Å². The molecule has 4 rings (SSSR count). The molecule has 0 atom stereocenters. The third-order valence-corrected chi connectivity index (χ3v) is 4.57. The zero-order chi connectivity index (χ0) is 18.8. The van der Waals surface area contributed by atoms with Gasteiger partial charge in [-0.25, -0.2) is 9.37 Å². The second kappa shape index (κ2) is 7.48. The smallest absolute Gasteiger partial charge is 0.228 e. The average molecular weight is 370 g/mol. The second-order valence-electron chi connectivity index (χ2n) is 6.67. The normalized spacial score (nSPS) is 14.7.